The predicted molar refractivity (Wildman–Crippen MR) is 84.7 cm³/mol. The van der Waals surface area contributed by atoms with Crippen LogP contribution in [0.4, 0.5) is 5.82 Å². The highest BCUT2D eigenvalue weighted by atomic mass is 16.1. The monoisotopic (exact) mass is 282 g/mol. The lowest BCUT2D eigenvalue weighted by Gasteiger charge is -2.07. The number of para-hydroxylation sites is 1. The molecule has 21 heavy (non-hydrogen) atoms. The molecule has 3 rings (SSSR count). The van der Waals surface area contributed by atoms with Crippen molar-refractivity contribution < 1.29 is 0 Å². The van der Waals surface area contributed by atoms with Crippen molar-refractivity contribution in [2.24, 2.45) is 0 Å². The number of aryl methyl sites for hydroxylation is 1. The van der Waals surface area contributed by atoms with Crippen LogP contribution in [0.3, 0.4) is 0 Å². The SMILES string of the molecule is CCn1ccnc(NCCc2c[nH]c3ccccc23)c1=O. The lowest BCUT2D eigenvalue weighted by Crippen LogP contribution is -2.24. The number of nitrogens with one attached hydrogen (secondary N) is 2. The molecule has 1 aromatic carbocycles. The van der Waals surface area contributed by atoms with Crippen molar-refractivity contribution >= 4 is 16.7 Å². The molecule has 0 atom stereocenters. The molecule has 0 unspecified atom stereocenters. The third-order valence-corrected chi connectivity index (χ3v) is 3.62. The van der Waals surface area contributed by atoms with E-state index in [0.717, 1.165) is 11.9 Å². The fourth-order valence-electron chi connectivity index (χ4n) is 2.47. The van der Waals surface area contributed by atoms with Gasteiger partial charge in [0.15, 0.2) is 5.82 Å². The second-order valence-corrected chi connectivity index (χ2v) is 4.90. The second kappa shape index (κ2) is 5.83. The minimum absolute atomic E-state index is 0.0704. The highest BCUT2D eigenvalue weighted by molar-refractivity contribution is 5.83. The van der Waals surface area contributed by atoms with Crippen molar-refractivity contribution in [2.45, 2.75) is 19.9 Å². The van der Waals surface area contributed by atoms with Gasteiger partial charge < -0.3 is 14.9 Å². The average Bonchev–Trinajstić information content (AvgIpc) is 2.92. The molecular weight excluding hydrogens is 264 g/mol. The lowest BCUT2D eigenvalue weighted by molar-refractivity contribution is 0.718. The van der Waals surface area contributed by atoms with E-state index < -0.39 is 0 Å². The molecule has 0 bridgehead atoms. The summed E-state index contributed by atoms with van der Waals surface area (Å²) in [4.78, 5) is 19.4. The number of nitrogens with zero attached hydrogens (tertiary/aromatic N) is 2. The zero-order valence-corrected chi connectivity index (χ0v) is 12.0. The minimum Gasteiger partial charge on any atom is -0.365 e. The largest absolute Gasteiger partial charge is 0.365 e. The Morgan fingerprint density at radius 1 is 1.33 bits per heavy atom. The van der Waals surface area contributed by atoms with E-state index in [-0.39, 0.29) is 5.56 Å². The Labute approximate surface area is 122 Å². The van der Waals surface area contributed by atoms with Crippen LogP contribution in [0.2, 0.25) is 0 Å². The molecule has 0 spiro atoms. The molecule has 0 aliphatic heterocycles. The van der Waals surface area contributed by atoms with Crippen LogP contribution < -0.4 is 10.9 Å². The molecule has 0 fully saturated rings. The van der Waals surface area contributed by atoms with Crippen LogP contribution in [-0.2, 0) is 13.0 Å². The van der Waals surface area contributed by atoms with E-state index in [9.17, 15) is 4.79 Å². The Morgan fingerprint density at radius 3 is 3.05 bits per heavy atom. The van der Waals surface area contributed by atoms with Gasteiger partial charge in [0, 0.05) is 42.6 Å². The number of anilines is 1. The predicted octanol–water partition coefficient (Wildman–Crippen LogP) is 2.40. The molecule has 0 saturated carbocycles. The first kappa shape index (κ1) is 13.4. The van der Waals surface area contributed by atoms with Gasteiger partial charge in [-0.15, -0.1) is 0 Å². The van der Waals surface area contributed by atoms with Gasteiger partial charge in [-0.1, -0.05) is 18.2 Å². The van der Waals surface area contributed by atoms with Gasteiger partial charge in [0.1, 0.15) is 0 Å². The van der Waals surface area contributed by atoms with Crippen LogP contribution in [0.5, 0.6) is 0 Å². The van der Waals surface area contributed by atoms with Gasteiger partial charge >= 0.3 is 0 Å². The molecule has 5 nitrogen and oxygen atoms in total. The number of hydrogen-bond acceptors (Lipinski definition) is 3. The van der Waals surface area contributed by atoms with Gasteiger partial charge in [-0.2, -0.15) is 0 Å². The Morgan fingerprint density at radius 2 is 2.19 bits per heavy atom. The van der Waals surface area contributed by atoms with Crippen LogP contribution in [0.1, 0.15) is 12.5 Å². The summed E-state index contributed by atoms with van der Waals surface area (Å²) in [5.74, 6) is 0.416. The topological polar surface area (TPSA) is 62.7 Å². The second-order valence-electron chi connectivity index (χ2n) is 4.90. The lowest BCUT2D eigenvalue weighted by atomic mass is 10.1. The Kier molecular flexibility index (Phi) is 3.73. The maximum absolute atomic E-state index is 12.0. The molecule has 3 aromatic rings. The van der Waals surface area contributed by atoms with Crippen molar-refractivity contribution in [3.8, 4) is 0 Å². The van der Waals surface area contributed by atoms with Crippen molar-refractivity contribution in [3.63, 3.8) is 0 Å². The molecular formula is C16H18N4O. The smallest absolute Gasteiger partial charge is 0.293 e. The van der Waals surface area contributed by atoms with Crippen LogP contribution >= 0.6 is 0 Å². The zero-order chi connectivity index (χ0) is 14.7. The highest BCUT2D eigenvalue weighted by Crippen LogP contribution is 2.17. The highest BCUT2D eigenvalue weighted by Gasteiger charge is 2.05. The molecule has 2 aromatic heterocycles. The number of benzene rings is 1. The molecule has 0 aliphatic carbocycles. The Bertz CT molecular complexity index is 803. The van der Waals surface area contributed by atoms with Gasteiger partial charge in [0.25, 0.3) is 5.56 Å². The van der Waals surface area contributed by atoms with Crippen molar-refractivity contribution in [3.05, 3.63) is 58.8 Å². The van der Waals surface area contributed by atoms with Gasteiger partial charge in [-0.25, -0.2) is 4.98 Å². The van der Waals surface area contributed by atoms with E-state index in [2.05, 4.69) is 27.4 Å². The summed E-state index contributed by atoms with van der Waals surface area (Å²) >= 11 is 0. The first-order valence-electron chi connectivity index (χ1n) is 7.14. The maximum Gasteiger partial charge on any atom is 0.293 e. The fraction of sp³-hybridized carbons (Fsp3) is 0.250. The summed E-state index contributed by atoms with van der Waals surface area (Å²) in [5, 5.41) is 4.36. The van der Waals surface area contributed by atoms with E-state index >= 15 is 0 Å². The van der Waals surface area contributed by atoms with E-state index in [1.54, 1.807) is 17.0 Å². The zero-order valence-electron chi connectivity index (χ0n) is 12.0. The van der Waals surface area contributed by atoms with Crippen LogP contribution in [-0.4, -0.2) is 21.1 Å². The summed E-state index contributed by atoms with van der Waals surface area (Å²) in [6.45, 7) is 3.27. The normalized spacial score (nSPS) is 10.9. The number of hydrogen-bond donors (Lipinski definition) is 2. The summed E-state index contributed by atoms with van der Waals surface area (Å²) in [7, 11) is 0. The van der Waals surface area contributed by atoms with E-state index in [1.807, 2.05) is 25.3 Å². The molecule has 5 heteroatoms. The molecule has 0 radical (unpaired) electrons. The summed E-state index contributed by atoms with van der Waals surface area (Å²) in [6, 6.07) is 8.21. The number of H-pyrrole nitrogens is 1. The molecule has 2 heterocycles. The number of fused-ring (bicyclic) bond motifs is 1. The standard InChI is InChI=1S/C16H18N4O/c1-2-20-10-9-18-15(16(20)21)17-8-7-12-11-19-14-6-4-3-5-13(12)14/h3-6,9-11,19H,2,7-8H2,1H3,(H,17,18). The Hall–Kier alpha value is -2.56. The molecule has 108 valence electrons. The molecule has 0 amide bonds. The van der Waals surface area contributed by atoms with Gasteiger partial charge in [0.05, 0.1) is 0 Å². The summed E-state index contributed by atoms with van der Waals surface area (Å²) < 4.78 is 1.64. The quantitative estimate of drug-likeness (QED) is 0.755. The maximum atomic E-state index is 12.0. The van der Waals surface area contributed by atoms with E-state index in [0.29, 0.717) is 18.9 Å². The van der Waals surface area contributed by atoms with Crippen molar-refractivity contribution in [1.29, 1.82) is 0 Å². The Balaban J connectivity index is 1.70. The summed E-state index contributed by atoms with van der Waals surface area (Å²) in [5.41, 5.74) is 2.31. The van der Waals surface area contributed by atoms with Gasteiger partial charge in [-0.3, -0.25) is 4.79 Å². The first-order chi connectivity index (χ1) is 10.3. The van der Waals surface area contributed by atoms with Crippen LogP contribution in [0.15, 0.2) is 47.7 Å². The fourth-order valence-corrected chi connectivity index (χ4v) is 2.47. The third-order valence-electron chi connectivity index (χ3n) is 3.62. The van der Waals surface area contributed by atoms with E-state index in [1.165, 1.54) is 10.9 Å². The first-order valence-corrected chi connectivity index (χ1v) is 7.14. The number of aromatic nitrogens is 3. The van der Waals surface area contributed by atoms with Crippen LogP contribution in [0.25, 0.3) is 10.9 Å². The van der Waals surface area contributed by atoms with Gasteiger partial charge in [0.2, 0.25) is 0 Å². The van der Waals surface area contributed by atoms with E-state index in [4.69, 9.17) is 0 Å². The number of rotatable bonds is 5. The average molecular weight is 282 g/mol. The molecule has 0 saturated heterocycles. The minimum atomic E-state index is -0.0704. The van der Waals surface area contributed by atoms with Crippen molar-refractivity contribution in [1.82, 2.24) is 14.5 Å². The van der Waals surface area contributed by atoms with Crippen molar-refractivity contribution in [2.75, 3.05) is 11.9 Å². The number of aromatic amines is 1. The molecule has 2 N–H and O–H groups in total. The third kappa shape index (κ3) is 2.67. The molecule has 0 aliphatic rings. The summed E-state index contributed by atoms with van der Waals surface area (Å²) in [6.07, 6.45) is 6.22. The van der Waals surface area contributed by atoms with Gasteiger partial charge in [-0.05, 0) is 25.0 Å². The van der Waals surface area contributed by atoms with Crippen LogP contribution in [0, 0.1) is 0 Å².